The Bertz CT molecular complexity index is 749. The van der Waals surface area contributed by atoms with Crippen LogP contribution >= 0.6 is 11.6 Å². The van der Waals surface area contributed by atoms with Crippen molar-refractivity contribution in [2.45, 2.75) is 0 Å². The lowest BCUT2D eigenvalue weighted by molar-refractivity contribution is 0.475. The number of halogens is 1. The van der Waals surface area contributed by atoms with Crippen LogP contribution in [0.3, 0.4) is 0 Å². The van der Waals surface area contributed by atoms with Gasteiger partial charge in [-0.05, 0) is 35.9 Å². The van der Waals surface area contributed by atoms with Gasteiger partial charge < -0.3 is 10.1 Å². The lowest BCUT2D eigenvalue weighted by atomic mass is 10.2. The van der Waals surface area contributed by atoms with Crippen LogP contribution < -0.4 is 5.43 Å². The SMILES string of the molecule is Oc1ccc(/C=N/Nc2nc3ccccc3[nH]2)cc1Cl. The summed E-state index contributed by atoms with van der Waals surface area (Å²) in [7, 11) is 0. The van der Waals surface area contributed by atoms with Gasteiger partial charge in [-0.1, -0.05) is 23.7 Å². The third kappa shape index (κ3) is 2.57. The highest BCUT2D eigenvalue weighted by Crippen LogP contribution is 2.22. The third-order valence-corrected chi connectivity index (χ3v) is 3.05. The molecule has 3 rings (SSSR count). The Morgan fingerprint density at radius 1 is 1.25 bits per heavy atom. The number of aromatic amines is 1. The fourth-order valence-corrected chi connectivity index (χ4v) is 1.97. The molecule has 0 amide bonds. The normalized spacial score (nSPS) is 11.2. The summed E-state index contributed by atoms with van der Waals surface area (Å²) in [6, 6.07) is 12.6. The molecule has 0 bridgehead atoms. The van der Waals surface area contributed by atoms with Crippen molar-refractivity contribution in [1.29, 1.82) is 0 Å². The van der Waals surface area contributed by atoms with Gasteiger partial charge in [-0.25, -0.2) is 10.4 Å². The van der Waals surface area contributed by atoms with E-state index in [1.807, 2.05) is 24.3 Å². The number of aromatic nitrogens is 2. The fourth-order valence-electron chi connectivity index (χ4n) is 1.78. The van der Waals surface area contributed by atoms with E-state index in [4.69, 9.17) is 11.6 Å². The van der Waals surface area contributed by atoms with Gasteiger partial charge in [0.2, 0.25) is 5.95 Å². The van der Waals surface area contributed by atoms with Crippen LogP contribution in [-0.2, 0) is 0 Å². The molecule has 100 valence electrons. The Morgan fingerprint density at radius 2 is 2.10 bits per heavy atom. The molecule has 3 aromatic rings. The van der Waals surface area contributed by atoms with Crippen molar-refractivity contribution >= 4 is 34.8 Å². The summed E-state index contributed by atoms with van der Waals surface area (Å²) in [5, 5.41) is 13.7. The van der Waals surface area contributed by atoms with Gasteiger partial charge in [0.25, 0.3) is 0 Å². The van der Waals surface area contributed by atoms with Crippen LogP contribution in [0.4, 0.5) is 5.95 Å². The molecule has 0 aliphatic rings. The Labute approximate surface area is 119 Å². The molecule has 3 N–H and O–H groups in total. The van der Waals surface area contributed by atoms with E-state index >= 15 is 0 Å². The second-order valence-corrected chi connectivity index (χ2v) is 4.59. The van der Waals surface area contributed by atoms with Gasteiger partial charge in [-0.2, -0.15) is 5.10 Å². The van der Waals surface area contributed by atoms with Gasteiger partial charge in [0, 0.05) is 0 Å². The van der Waals surface area contributed by atoms with Crippen molar-refractivity contribution in [2.24, 2.45) is 5.10 Å². The minimum absolute atomic E-state index is 0.0501. The van der Waals surface area contributed by atoms with E-state index in [9.17, 15) is 5.11 Å². The summed E-state index contributed by atoms with van der Waals surface area (Å²) in [5.74, 6) is 0.612. The van der Waals surface area contributed by atoms with Gasteiger partial charge in [0.05, 0.1) is 22.3 Å². The van der Waals surface area contributed by atoms with Crippen LogP contribution in [-0.4, -0.2) is 21.3 Å². The second kappa shape index (κ2) is 5.22. The van der Waals surface area contributed by atoms with E-state index in [1.165, 1.54) is 6.07 Å². The molecular formula is C14H11ClN4O. The molecular weight excluding hydrogens is 276 g/mol. The first-order valence-electron chi connectivity index (χ1n) is 5.95. The minimum atomic E-state index is 0.0501. The quantitative estimate of drug-likeness (QED) is 0.510. The van der Waals surface area contributed by atoms with E-state index in [2.05, 4.69) is 20.5 Å². The van der Waals surface area contributed by atoms with E-state index in [-0.39, 0.29) is 10.8 Å². The number of nitrogens with zero attached hydrogens (tertiary/aromatic N) is 2. The molecule has 20 heavy (non-hydrogen) atoms. The van der Waals surface area contributed by atoms with Crippen molar-refractivity contribution in [3.8, 4) is 5.75 Å². The van der Waals surface area contributed by atoms with Gasteiger partial charge in [-0.3, -0.25) is 0 Å². The number of hydrogen-bond acceptors (Lipinski definition) is 4. The number of H-pyrrole nitrogens is 1. The van der Waals surface area contributed by atoms with Crippen LogP contribution in [0, 0.1) is 0 Å². The first kappa shape index (κ1) is 12.5. The zero-order valence-electron chi connectivity index (χ0n) is 10.3. The molecule has 6 heteroatoms. The van der Waals surface area contributed by atoms with Gasteiger partial charge in [-0.15, -0.1) is 0 Å². The molecule has 0 spiro atoms. The predicted octanol–water partition coefficient (Wildman–Crippen LogP) is 3.37. The average Bonchev–Trinajstić information content (AvgIpc) is 2.85. The van der Waals surface area contributed by atoms with Crippen molar-refractivity contribution in [3.63, 3.8) is 0 Å². The summed E-state index contributed by atoms with van der Waals surface area (Å²) in [6.45, 7) is 0. The molecule has 1 aromatic heterocycles. The van der Waals surface area contributed by atoms with Crippen LogP contribution in [0.1, 0.15) is 5.56 Å². The second-order valence-electron chi connectivity index (χ2n) is 4.18. The van der Waals surface area contributed by atoms with Gasteiger partial charge >= 0.3 is 0 Å². The molecule has 0 aliphatic heterocycles. The lowest BCUT2D eigenvalue weighted by Crippen LogP contribution is -1.92. The van der Waals surface area contributed by atoms with Crippen molar-refractivity contribution < 1.29 is 5.11 Å². The number of para-hydroxylation sites is 2. The molecule has 0 aliphatic carbocycles. The van der Waals surface area contributed by atoms with Crippen LogP contribution in [0.15, 0.2) is 47.6 Å². The van der Waals surface area contributed by atoms with E-state index in [0.717, 1.165) is 16.6 Å². The summed E-state index contributed by atoms with van der Waals surface area (Å²) in [6.07, 6.45) is 1.60. The Balaban J connectivity index is 1.75. The Hall–Kier alpha value is -2.53. The maximum absolute atomic E-state index is 9.32. The molecule has 5 nitrogen and oxygen atoms in total. The molecule has 0 saturated carbocycles. The number of anilines is 1. The summed E-state index contributed by atoms with van der Waals surface area (Å²) in [5.41, 5.74) is 5.40. The average molecular weight is 287 g/mol. The summed E-state index contributed by atoms with van der Waals surface area (Å²) in [4.78, 5) is 7.43. The molecule has 2 aromatic carbocycles. The van der Waals surface area contributed by atoms with Crippen LogP contribution in [0.5, 0.6) is 5.75 Å². The number of nitrogens with one attached hydrogen (secondary N) is 2. The molecule has 0 saturated heterocycles. The monoisotopic (exact) mass is 286 g/mol. The number of benzene rings is 2. The Morgan fingerprint density at radius 3 is 2.90 bits per heavy atom. The number of hydrogen-bond donors (Lipinski definition) is 3. The highest BCUT2D eigenvalue weighted by Gasteiger charge is 2.00. The van der Waals surface area contributed by atoms with Crippen molar-refractivity contribution in [2.75, 3.05) is 5.43 Å². The van der Waals surface area contributed by atoms with E-state index in [0.29, 0.717) is 5.95 Å². The number of imidazole rings is 1. The standard InChI is InChI=1S/C14H11ClN4O/c15-10-7-9(5-6-13(10)20)8-16-19-14-17-11-3-1-2-4-12(11)18-14/h1-8,20H,(H2,17,18,19)/b16-8+. The van der Waals surface area contributed by atoms with Crippen molar-refractivity contribution in [1.82, 2.24) is 9.97 Å². The lowest BCUT2D eigenvalue weighted by Gasteiger charge is -1.98. The smallest absolute Gasteiger partial charge is 0.222 e. The zero-order valence-corrected chi connectivity index (χ0v) is 11.1. The number of phenolic OH excluding ortho intramolecular Hbond substituents is 1. The largest absolute Gasteiger partial charge is 0.506 e. The zero-order chi connectivity index (χ0) is 13.9. The summed E-state index contributed by atoms with van der Waals surface area (Å²) >= 11 is 5.81. The number of aromatic hydroxyl groups is 1. The molecule has 0 atom stereocenters. The topological polar surface area (TPSA) is 73.3 Å². The maximum atomic E-state index is 9.32. The minimum Gasteiger partial charge on any atom is -0.506 e. The van der Waals surface area contributed by atoms with E-state index < -0.39 is 0 Å². The predicted molar refractivity (Wildman–Crippen MR) is 80.4 cm³/mol. The Kier molecular flexibility index (Phi) is 3.26. The third-order valence-electron chi connectivity index (χ3n) is 2.75. The van der Waals surface area contributed by atoms with Crippen molar-refractivity contribution in [3.05, 3.63) is 53.1 Å². The highest BCUT2D eigenvalue weighted by molar-refractivity contribution is 6.32. The molecule has 0 unspecified atom stereocenters. The van der Waals surface area contributed by atoms with E-state index in [1.54, 1.807) is 18.3 Å². The number of hydrazone groups is 1. The first-order valence-corrected chi connectivity index (χ1v) is 6.32. The van der Waals surface area contributed by atoms with Crippen LogP contribution in [0.2, 0.25) is 5.02 Å². The number of fused-ring (bicyclic) bond motifs is 1. The van der Waals surface area contributed by atoms with Crippen LogP contribution in [0.25, 0.3) is 11.0 Å². The van der Waals surface area contributed by atoms with Gasteiger partial charge in [0.1, 0.15) is 5.75 Å². The maximum Gasteiger partial charge on any atom is 0.222 e. The molecule has 1 heterocycles. The molecule has 0 fully saturated rings. The first-order chi connectivity index (χ1) is 9.72. The highest BCUT2D eigenvalue weighted by atomic mass is 35.5. The number of phenols is 1. The molecule has 0 radical (unpaired) electrons. The summed E-state index contributed by atoms with van der Waals surface area (Å²) < 4.78 is 0. The fraction of sp³-hybridized carbons (Fsp3) is 0. The van der Waals surface area contributed by atoms with Gasteiger partial charge in [0.15, 0.2) is 0 Å². The number of rotatable bonds is 3.